The zero-order valence-corrected chi connectivity index (χ0v) is 15.1. The topological polar surface area (TPSA) is 58.6 Å². The quantitative estimate of drug-likeness (QED) is 0.809. The Labute approximate surface area is 155 Å². The van der Waals surface area contributed by atoms with E-state index in [1.165, 1.54) is 0 Å². The lowest BCUT2D eigenvalue weighted by atomic mass is 10.1. The maximum absolute atomic E-state index is 12.4. The molecule has 0 bridgehead atoms. The minimum Gasteiger partial charge on any atom is -0.497 e. The van der Waals surface area contributed by atoms with Crippen LogP contribution in [0.3, 0.4) is 0 Å². The average Bonchev–Trinajstić information content (AvgIpc) is 3.03. The van der Waals surface area contributed by atoms with Gasteiger partial charge in [-0.15, -0.1) is 23.4 Å². The van der Waals surface area contributed by atoms with Gasteiger partial charge in [-0.25, -0.2) is 0 Å². The van der Waals surface area contributed by atoms with Gasteiger partial charge >= 0.3 is 0 Å². The third-order valence-electron chi connectivity index (χ3n) is 3.78. The molecule has 0 unspecified atom stereocenters. The van der Waals surface area contributed by atoms with E-state index in [-0.39, 0.29) is 23.1 Å². The van der Waals surface area contributed by atoms with Crippen LogP contribution in [0.2, 0.25) is 0 Å². The third kappa shape index (κ3) is 3.91. The molecular weight excluding hydrogens is 360 g/mol. The highest BCUT2D eigenvalue weighted by Gasteiger charge is 2.34. The fourth-order valence-corrected chi connectivity index (χ4v) is 3.91. The van der Waals surface area contributed by atoms with Gasteiger partial charge in [0.1, 0.15) is 17.0 Å². The molecular formula is C18H17ClN2O3S. The first-order chi connectivity index (χ1) is 12.1. The summed E-state index contributed by atoms with van der Waals surface area (Å²) in [6.45, 7) is 0. The van der Waals surface area contributed by atoms with E-state index in [1.54, 1.807) is 29.8 Å². The smallest absolute Gasteiger partial charge is 0.239 e. The Hall–Kier alpha value is -2.18. The molecule has 7 heteroatoms. The largest absolute Gasteiger partial charge is 0.497 e. The number of rotatable bonds is 5. The number of methoxy groups -OCH3 is 1. The molecule has 0 aromatic heterocycles. The van der Waals surface area contributed by atoms with Gasteiger partial charge in [-0.3, -0.25) is 14.5 Å². The summed E-state index contributed by atoms with van der Waals surface area (Å²) in [5.41, 5.74) is 2.38. The summed E-state index contributed by atoms with van der Waals surface area (Å²) in [5.74, 6) is 0.776. The molecule has 1 fully saturated rings. The molecule has 3 rings (SSSR count). The van der Waals surface area contributed by atoms with Gasteiger partial charge in [-0.2, -0.15) is 0 Å². The first kappa shape index (κ1) is 17.6. The van der Waals surface area contributed by atoms with Crippen molar-refractivity contribution < 1.29 is 14.3 Å². The fraction of sp³-hybridized carbons (Fsp3) is 0.222. The zero-order chi connectivity index (χ0) is 17.8. The molecule has 1 saturated heterocycles. The normalized spacial score (nSPS) is 16.8. The van der Waals surface area contributed by atoms with Crippen molar-refractivity contribution >= 4 is 46.6 Å². The van der Waals surface area contributed by atoms with Crippen LogP contribution in [0.1, 0.15) is 10.9 Å². The predicted molar refractivity (Wildman–Crippen MR) is 101 cm³/mol. The molecule has 1 aliphatic rings. The molecule has 2 aromatic rings. The molecule has 1 N–H and O–H groups in total. The number of thioether (sulfide) groups is 1. The van der Waals surface area contributed by atoms with E-state index in [0.29, 0.717) is 17.2 Å². The number of amides is 2. The first-order valence-corrected chi connectivity index (χ1v) is 9.24. The Morgan fingerprint density at radius 1 is 1.32 bits per heavy atom. The minimum atomic E-state index is -0.265. The van der Waals surface area contributed by atoms with Gasteiger partial charge in [0, 0.05) is 17.4 Å². The molecule has 5 nitrogen and oxygen atoms in total. The lowest BCUT2D eigenvalue weighted by Gasteiger charge is -2.25. The molecule has 0 saturated carbocycles. The number of anilines is 2. The van der Waals surface area contributed by atoms with Gasteiger partial charge in [-0.1, -0.05) is 18.2 Å². The molecule has 1 atom stereocenters. The number of halogens is 1. The van der Waals surface area contributed by atoms with Crippen LogP contribution in [-0.4, -0.2) is 30.6 Å². The number of hydrogen-bond acceptors (Lipinski definition) is 4. The highest BCUT2D eigenvalue weighted by molar-refractivity contribution is 8.00. The van der Waals surface area contributed by atoms with E-state index in [0.717, 1.165) is 11.3 Å². The Morgan fingerprint density at radius 3 is 2.88 bits per heavy atom. The summed E-state index contributed by atoms with van der Waals surface area (Å²) in [4.78, 5) is 25.7. The molecule has 0 aliphatic carbocycles. The van der Waals surface area contributed by atoms with Crippen LogP contribution in [0.4, 0.5) is 11.4 Å². The van der Waals surface area contributed by atoms with Crippen LogP contribution >= 0.6 is 23.4 Å². The van der Waals surface area contributed by atoms with Gasteiger partial charge in [0.15, 0.2) is 0 Å². The van der Waals surface area contributed by atoms with Crippen LogP contribution in [-0.2, 0) is 9.59 Å². The van der Waals surface area contributed by atoms with Crippen LogP contribution in [0.25, 0.3) is 0 Å². The summed E-state index contributed by atoms with van der Waals surface area (Å²) in [7, 11) is 1.60. The van der Waals surface area contributed by atoms with Gasteiger partial charge in [0.25, 0.3) is 0 Å². The summed E-state index contributed by atoms with van der Waals surface area (Å²) in [5, 5.41) is 2.58. The Morgan fingerprint density at radius 2 is 2.12 bits per heavy atom. The van der Waals surface area contributed by atoms with Crippen molar-refractivity contribution in [3.05, 3.63) is 54.1 Å². The van der Waals surface area contributed by atoms with Crippen molar-refractivity contribution in [3.8, 4) is 5.75 Å². The molecule has 1 heterocycles. The second kappa shape index (κ2) is 7.80. The Balaban J connectivity index is 1.91. The minimum absolute atomic E-state index is 0.0402. The van der Waals surface area contributed by atoms with Crippen LogP contribution in [0.5, 0.6) is 5.75 Å². The second-order valence-corrected chi connectivity index (χ2v) is 6.77. The van der Waals surface area contributed by atoms with E-state index < -0.39 is 0 Å². The van der Waals surface area contributed by atoms with E-state index in [4.69, 9.17) is 16.3 Å². The molecule has 130 valence electrons. The summed E-state index contributed by atoms with van der Waals surface area (Å²) >= 11 is 7.09. The van der Waals surface area contributed by atoms with Crippen molar-refractivity contribution in [3.63, 3.8) is 0 Å². The average molecular weight is 377 g/mol. The number of carbonyl (C=O) groups is 2. The summed E-state index contributed by atoms with van der Waals surface area (Å²) in [6.07, 6.45) is 0. The molecule has 0 spiro atoms. The van der Waals surface area contributed by atoms with Crippen molar-refractivity contribution in [1.82, 2.24) is 0 Å². The van der Waals surface area contributed by atoms with Gasteiger partial charge in [0.05, 0.1) is 12.9 Å². The highest BCUT2D eigenvalue weighted by Crippen LogP contribution is 2.42. The predicted octanol–water partition coefficient (Wildman–Crippen LogP) is 3.65. The number of alkyl halides is 1. The van der Waals surface area contributed by atoms with Crippen LogP contribution < -0.4 is 15.0 Å². The number of benzene rings is 2. The lowest BCUT2D eigenvalue weighted by Crippen LogP contribution is -2.27. The van der Waals surface area contributed by atoms with Gasteiger partial charge in [-0.05, 0) is 29.8 Å². The lowest BCUT2D eigenvalue weighted by molar-refractivity contribution is -0.116. The number of carbonyl (C=O) groups excluding carboxylic acids is 2. The van der Waals surface area contributed by atoms with E-state index >= 15 is 0 Å². The molecule has 25 heavy (non-hydrogen) atoms. The summed E-state index contributed by atoms with van der Waals surface area (Å²) in [6, 6.07) is 14.9. The highest BCUT2D eigenvalue weighted by atomic mass is 35.5. The van der Waals surface area contributed by atoms with E-state index in [2.05, 4.69) is 5.32 Å². The van der Waals surface area contributed by atoms with Gasteiger partial charge < -0.3 is 10.1 Å². The SMILES string of the molecule is COc1cccc(N2C(=O)CS[C@@H]2c2cccc(NC(=O)CCl)c2)c1. The standard InChI is InChI=1S/C18H17ClN2O3S/c1-24-15-7-3-6-14(9-15)21-17(23)11-25-18(21)12-4-2-5-13(8-12)20-16(22)10-19/h2-9,18H,10-11H2,1H3,(H,20,22)/t18-/m1/s1. The van der Waals surface area contributed by atoms with Crippen LogP contribution in [0, 0.1) is 0 Å². The maximum atomic E-state index is 12.4. The summed E-state index contributed by atoms with van der Waals surface area (Å²) < 4.78 is 5.26. The Bertz CT molecular complexity index is 799. The number of ether oxygens (including phenoxy) is 1. The van der Waals surface area contributed by atoms with E-state index in [1.807, 2.05) is 42.5 Å². The van der Waals surface area contributed by atoms with Gasteiger partial charge in [0.2, 0.25) is 11.8 Å². The molecule has 0 radical (unpaired) electrons. The fourth-order valence-electron chi connectivity index (χ4n) is 2.67. The first-order valence-electron chi connectivity index (χ1n) is 7.66. The van der Waals surface area contributed by atoms with Crippen molar-refractivity contribution in [2.75, 3.05) is 29.0 Å². The number of hydrogen-bond donors (Lipinski definition) is 1. The molecule has 2 amide bonds. The van der Waals surface area contributed by atoms with E-state index in [9.17, 15) is 9.59 Å². The monoisotopic (exact) mass is 376 g/mol. The zero-order valence-electron chi connectivity index (χ0n) is 13.6. The Kier molecular flexibility index (Phi) is 5.50. The van der Waals surface area contributed by atoms with Crippen molar-refractivity contribution in [2.45, 2.75) is 5.37 Å². The number of nitrogens with one attached hydrogen (secondary N) is 1. The maximum Gasteiger partial charge on any atom is 0.239 e. The third-order valence-corrected chi connectivity index (χ3v) is 5.23. The molecule has 2 aromatic carbocycles. The second-order valence-electron chi connectivity index (χ2n) is 5.44. The number of nitrogens with zero attached hydrogens (tertiary/aromatic N) is 1. The molecule has 1 aliphatic heterocycles. The van der Waals surface area contributed by atoms with Crippen LogP contribution in [0.15, 0.2) is 48.5 Å². The van der Waals surface area contributed by atoms with Crippen molar-refractivity contribution in [2.24, 2.45) is 0 Å². The van der Waals surface area contributed by atoms with Crippen molar-refractivity contribution in [1.29, 1.82) is 0 Å².